The molecule has 142 valence electrons. The Balaban J connectivity index is 2.05. The van der Waals surface area contributed by atoms with Crippen molar-refractivity contribution in [3.63, 3.8) is 0 Å². The molecule has 2 aromatic carbocycles. The van der Waals surface area contributed by atoms with Crippen LogP contribution in [0.15, 0.2) is 60.0 Å². The summed E-state index contributed by atoms with van der Waals surface area (Å²) >= 11 is 0.0859. The first-order valence-electron chi connectivity index (χ1n) is 7.85. The van der Waals surface area contributed by atoms with Crippen LogP contribution in [0, 0.1) is 18.6 Å². The summed E-state index contributed by atoms with van der Waals surface area (Å²) in [6, 6.07) is 8.33. The molecule has 0 saturated heterocycles. The molecule has 1 unspecified atom stereocenters. The Hall–Kier alpha value is -2.39. The fourth-order valence-corrected chi connectivity index (χ4v) is 3.46. The van der Waals surface area contributed by atoms with Crippen LogP contribution in [-0.2, 0) is 12.1 Å². The van der Waals surface area contributed by atoms with Gasteiger partial charge in [-0.2, -0.15) is 13.9 Å². The molecule has 0 aliphatic carbocycles. The molecule has 0 bridgehead atoms. The Labute approximate surface area is 156 Å². The number of thioether (sulfide) groups is 1. The van der Waals surface area contributed by atoms with E-state index in [9.17, 15) is 13.9 Å². The summed E-state index contributed by atoms with van der Waals surface area (Å²) in [5.41, 5.74) is -2.86. The highest BCUT2D eigenvalue weighted by atomic mass is 32.2. The molecular weight excluding hydrogens is 382 g/mol. The number of hydrogen-bond donors (Lipinski definition) is 1. The van der Waals surface area contributed by atoms with Gasteiger partial charge in [0, 0.05) is 16.5 Å². The van der Waals surface area contributed by atoms with Gasteiger partial charge in [0.25, 0.3) is 0 Å². The number of benzene rings is 2. The zero-order chi connectivity index (χ0) is 19.7. The third-order valence-electron chi connectivity index (χ3n) is 3.98. The summed E-state index contributed by atoms with van der Waals surface area (Å²) in [5, 5.41) is 10.8. The van der Waals surface area contributed by atoms with Gasteiger partial charge in [-0.15, -0.1) is 0 Å². The lowest BCUT2D eigenvalue weighted by Crippen LogP contribution is -2.47. The molecule has 0 aliphatic heterocycles. The molecule has 1 heterocycles. The first-order valence-corrected chi connectivity index (χ1v) is 8.67. The summed E-state index contributed by atoms with van der Waals surface area (Å²) in [4.78, 5) is 3.83. The summed E-state index contributed by atoms with van der Waals surface area (Å²) in [7, 11) is 0. The molecular formula is C18H15F4N3OS. The van der Waals surface area contributed by atoms with E-state index in [-0.39, 0.29) is 16.7 Å². The fraction of sp³-hybridized carbons (Fsp3) is 0.222. The van der Waals surface area contributed by atoms with Crippen LogP contribution in [0.4, 0.5) is 17.6 Å². The minimum absolute atomic E-state index is 0.0859. The Morgan fingerprint density at radius 2 is 1.81 bits per heavy atom. The van der Waals surface area contributed by atoms with E-state index in [2.05, 4.69) is 10.1 Å². The molecule has 0 fully saturated rings. The van der Waals surface area contributed by atoms with Gasteiger partial charge in [-0.3, -0.25) is 0 Å². The van der Waals surface area contributed by atoms with Gasteiger partial charge in [-0.1, -0.05) is 17.7 Å². The third-order valence-corrected chi connectivity index (χ3v) is 5.08. The van der Waals surface area contributed by atoms with E-state index in [1.165, 1.54) is 12.1 Å². The molecule has 27 heavy (non-hydrogen) atoms. The Bertz CT molecular complexity index is 919. The van der Waals surface area contributed by atoms with Gasteiger partial charge in [0.1, 0.15) is 24.3 Å². The van der Waals surface area contributed by atoms with Crippen molar-refractivity contribution >= 4 is 11.8 Å². The van der Waals surface area contributed by atoms with Crippen LogP contribution < -0.4 is 0 Å². The highest BCUT2D eigenvalue weighted by Crippen LogP contribution is 2.50. The van der Waals surface area contributed by atoms with E-state index in [1.807, 2.05) is 6.92 Å². The van der Waals surface area contributed by atoms with Crippen molar-refractivity contribution in [3.05, 3.63) is 77.9 Å². The fourth-order valence-electron chi connectivity index (χ4n) is 2.55. The van der Waals surface area contributed by atoms with Gasteiger partial charge in [-0.05, 0) is 43.0 Å². The Morgan fingerprint density at radius 3 is 2.41 bits per heavy atom. The average Bonchev–Trinajstić information content (AvgIpc) is 3.09. The van der Waals surface area contributed by atoms with Crippen molar-refractivity contribution in [1.82, 2.24) is 14.8 Å². The maximum Gasteiger partial charge on any atom is 0.332 e. The van der Waals surface area contributed by atoms with Crippen LogP contribution in [0.5, 0.6) is 0 Å². The minimum Gasteiger partial charge on any atom is -0.376 e. The van der Waals surface area contributed by atoms with E-state index < -0.39 is 34.6 Å². The number of nitrogens with zero attached hydrogens (tertiary/aromatic N) is 3. The zero-order valence-electron chi connectivity index (χ0n) is 14.1. The Kier molecular flexibility index (Phi) is 5.25. The highest BCUT2D eigenvalue weighted by molar-refractivity contribution is 8.00. The number of rotatable bonds is 6. The lowest BCUT2D eigenvalue weighted by Gasteiger charge is -2.35. The molecule has 1 atom stereocenters. The van der Waals surface area contributed by atoms with Crippen LogP contribution in [0.3, 0.4) is 0 Å². The summed E-state index contributed by atoms with van der Waals surface area (Å²) in [6.07, 6.45) is 2.23. The number of aromatic nitrogens is 3. The van der Waals surface area contributed by atoms with Crippen molar-refractivity contribution in [2.45, 2.75) is 29.2 Å². The van der Waals surface area contributed by atoms with Crippen molar-refractivity contribution in [2.24, 2.45) is 0 Å². The maximum absolute atomic E-state index is 15.2. The zero-order valence-corrected chi connectivity index (χ0v) is 14.9. The third kappa shape index (κ3) is 3.98. The van der Waals surface area contributed by atoms with E-state index in [0.29, 0.717) is 6.07 Å². The lowest BCUT2D eigenvalue weighted by molar-refractivity contribution is -0.139. The van der Waals surface area contributed by atoms with Crippen LogP contribution in [0.2, 0.25) is 0 Å². The molecule has 0 aliphatic rings. The molecule has 0 spiro atoms. The predicted octanol–water partition coefficient (Wildman–Crippen LogP) is 4.14. The van der Waals surface area contributed by atoms with E-state index in [0.717, 1.165) is 35.0 Å². The quantitative estimate of drug-likeness (QED) is 0.502. The summed E-state index contributed by atoms with van der Waals surface area (Å²) in [6.45, 7) is 1.03. The second kappa shape index (κ2) is 7.32. The summed E-state index contributed by atoms with van der Waals surface area (Å²) in [5.74, 6) is -2.21. The molecule has 0 saturated carbocycles. The average molecular weight is 397 g/mol. The molecule has 3 rings (SSSR count). The summed E-state index contributed by atoms with van der Waals surface area (Å²) < 4.78 is 58.9. The van der Waals surface area contributed by atoms with E-state index >= 15 is 8.78 Å². The highest BCUT2D eigenvalue weighted by Gasteiger charge is 2.56. The Morgan fingerprint density at radius 1 is 1.11 bits per heavy atom. The van der Waals surface area contributed by atoms with Gasteiger partial charge >= 0.3 is 5.25 Å². The van der Waals surface area contributed by atoms with Gasteiger partial charge < -0.3 is 5.11 Å². The number of halogens is 4. The van der Waals surface area contributed by atoms with Gasteiger partial charge in [-0.25, -0.2) is 18.4 Å². The first-order chi connectivity index (χ1) is 12.7. The van der Waals surface area contributed by atoms with Crippen LogP contribution in [0.1, 0.15) is 11.1 Å². The van der Waals surface area contributed by atoms with Gasteiger partial charge in [0.05, 0.1) is 6.54 Å². The van der Waals surface area contributed by atoms with Gasteiger partial charge in [0.2, 0.25) is 0 Å². The molecule has 0 amide bonds. The largest absolute Gasteiger partial charge is 0.376 e. The van der Waals surface area contributed by atoms with Crippen molar-refractivity contribution in [1.29, 1.82) is 0 Å². The van der Waals surface area contributed by atoms with E-state index in [4.69, 9.17) is 0 Å². The smallest absolute Gasteiger partial charge is 0.332 e. The molecule has 4 nitrogen and oxygen atoms in total. The molecule has 0 radical (unpaired) electrons. The normalized spacial score (nSPS) is 14.1. The SMILES string of the molecule is Cc1ccc(SC(F)(F)C(O)(Cn2cncn2)c2ccc(F)cc2F)cc1. The van der Waals surface area contributed by atoms with Crippen LogP contribution >= 0.6 is 11.8 Å². The topological polar surface area (TPSA) is 50.9 Å². The number of aryl methyl sites for hydroxylation is 1. The maximum atomic E-state index is 15.2. The van der Waals surface area contributed by atoms with Crippen molar-refractivity contribution < 1.29 is 22.7 Å². The molecule has 1 aromatic heterocycles. The standard InChI is InChI=1S/C18H15F4N3OS/c1-12-2-5-14(6-3-12)27-18(21,22)17(26,9-25-11-23-10-24-25)15-7-4-13(19)8-16(15)20/h2-8,10-11,26H,9H2,1H3. The van der Waals surface area contributed by atoms with Gasteiger partial charge in [0.15, 0.2) is 5.60 Å². The second-order valence-corrected chi connectivity index (χ2v) is 7.20. The number of alkyl halides is 2. The molecule has 3 aromatic rings. The molecule has 1 N–H and O–H groups in total. The van der Waals surface area contributed by atoms with Crippen LogP contribution in [0.25, 0.3) is 0 Å². The van der Waals surface area contributed by atoms with Crippen molar-refractivity contribution in [3.8, 4) is 0 Å². The van der Waals surface area contributed by atoms with Crippen LogP contribution in [-0.4, -0.2) is 25.1 Å². The second-order valence-electron chi connectivity index (χ2n) is 6.01. The first kappa shape index (κ1) is 19.4. The predicted molar refractivity (Wildman–Crippen MR) is 92.3 cm³/mol. The monoisotopic (exact) mass is 397 g/mol. The minimum atomic E-state index is -3.87. The van der Waals surface area contributed by atoms with Crippen molar-refractivity contribution in [2.75, 3.05) is 0 Å². The van der Waals surface area contributed by atoms with E-state index in [1.54, 1.807) is 12.1 Å². The molecule has 9 heteroatoms. The number of aliphatic hydroxyl groups is 1. The number of hydrogen-bond acceptors (Lipinski definition) is 4. The lowest BCUT2D eigenvalue weighted by atomic mass is 9.93.